The van der Waals surface area contributed by atoms with Crippen LogP contribution in [0.1, 0.15) is 27.2 Å². The number of nitrogen functional groups attached to an aromatic ring is 1. The minimum atomic E-state index is -0.637. The van der Waals surface area contributed by atoms with Crippen LogP contribution in [0.15, 0.2) is 73.3 Å². The topological polar surface area (TPSA) is 60.9 Å². The molecule has 2 aromatic carbocycles. The molecule has 0 saturated carbocycles. The zero-order valence-corrected chi connectivity index (χ0v) is 14.6. The van der Waals surface area contributed by atoms with Crippen molar-refractivity contribution in [2.45, 2.75) is 11.8 Å². The Kier molecular flexibility index (Phi) is 4.00. The maximum Gasteiger partial charge on any atom is 0.270 e. The Morgan fingerprint density at radius 3 is 2.63 bits per heavy atom. The second kappa shape index (κ2) is 6.36. The molecule has 1 aliphatic carbocycles. The van der Waals surface area contributed by atoms with E-state index in [1.807, 2.05) is 48.6 Å². The Labute approximate surface area is 156 Å². The molecule has 3 aromatic rings. The van der Waals surface area contributed by atoms with Crippen LogP contribution in [-0.2, 0) is 11.8 Å². The summed E-state index contributed by atoms with van der Waals surface area (Å²) in [5, 5.41) is 4.18. The van der Waals surface area contributed by atoms with Crippen LogP contribution in [0.25, 0.3) is 6.08 Å². The van der Waals surface area contributed by atoms with Gasteiger partial charge in [0.05, 0.1) is 5.69 Å². The van der Waals surface area contributed by atoms with Crippen LogP contribution in [0.5, 0.6) is 0 Å². The van der Waals surface area contributed by atoms with Crippen LogP contribution in [-0.4, -0.2) is 15.7 Å². The number of benzene rings is 2. The van der Waals surface area contributed by atoms with E-state index in [1.54, 1.807) is 6.07 Å². The molecule has 0 spiro atoms. The van der Waals surface area contributed by atoms with Gasteiger partial charge in [-0.25, -0.2) is 4.39 Å². The lowest BCUT2D eigenvalue weighted by Crippen LogP contribution is -2.32. The van der Waals surface area contributed by atoms with Gasteiger partial charge >= 0.3 is 0 Å². The monoisotopic (exact) mass is 359 g/mol. The average Bonchev–Trinajstić information content (AvgIpc) is 3.03. The second-order valence-corrected chi connectivity index (χ2v) is 6.56. The van der Waals surface area contributed by atoms with Crippen LogP contribution in [0.2, 0.25) is 0 Å². The van der Waals surface area contributed by atoms with Crippen LogP contribution in [0, 0.1) is 5.82 Å². The van der Waals surface area contributed by atoms with Crippen molar-refractivity contribution in [3.8, 4) is 0 Å². The molecule has 4 rings (SSSR count). The predicted molar refractivity (Wildman–Crippen MR) is 104 cm³/mol. The molecule has 0 bridgehead atoms. The number of carbonyl (C=O) groups excluding carboxylic acids is 1. The lowest BCUT2D eigenvalue weighted by molar-refractivity contribution is 0.0950. The van der Waals surface area contributed by atoms with Crippen LogP contribution in [0.3, 0.4) is 0 Å². The molecule has 1 aromatic heterocycles. The summed E-state index contributed by atoms with van der Waals surface area (Å²) < 4.78 is 15.3. The SMILES string of the molecule is C=CC(=O)n1nc(N)c2c1CC(c1ccccc1)(c1cccc(F)c1)C=C2. The number of carbonyl (C=O) groups is 1. The van der Waals surface area contributed by atoms with Crippen molar-refractivity contribution in [1.82, 2.24) is 9.78 Å². The van der Waals surface area contributed by atoms with E-state index in [0.717, 1.165) is 11.1 Å². The van der Waals surface area contributed by atoms with E-state index < -0.39 is 5.41 Å². The molecule has 1 unspecified atom stereocenters. The summed E-state index contributed by atoms with van der Waals surface area (Å²) in [7, 11) is 0. The molecule has 5 heteroatoms. The van der Waals surface area contributed by atoms with Gasteiger partial charge in [-0.05, 0) is 29.3 Å². The summed E-state index contributed by atoms with van der Waals surface area (Å²) in [5.74, 6) is -0.367. The zero-order valence-electron chi connectivity index (χ0n) is 14.6. The quantitative estimate of drug-likeness (QED) is 0.720. The summed E-state index contributed by atoms with van der Waals surface area (Å²) in [5.41, 5.74) is 8.58. The van der Waals surface area contributed by atoms with Gasteiger partial charge in [-0.1, -0.05) is 61.2 Å². The van der Waals surface area contributed by atoms with E-state index in [0.29, 0.717) is 17.7 Å². The highest BCUT2D eigenvalue weighted by molar-refractivity contribution is 5.90. The summed E-state index contributed by atoms with van der Waals surface area (Å²) in [6.07, 6.45) is 5.51. The van der Waals surface area contributed by atoms with Crippen molar-refractivity contribution in [3.05, 3.63) is 102 Å². The van der Waals surface area contributed by atoms with E-state index in [-0.39, 0.29) is 17.5 Å². The largest absolute Gasteiger partial charge is 0.382 e. The predicted octanol–water partition coefficient (Wildman–Crippen LogP) is 3.99. The third-order valence-electron chi connectivity index (χ3n) is 5.04. The molecule has 134 valence electrons. The van der Waals surface area contributed by atoms with Gasteiger partial charge in [0.25, 0.3) is 5.91 Å². The van der Waals surface area contributed by atoms with E-state index in [2.05, 4.69) is 11.7 Å². The van der Waals surface area contributed by atoms with Crippen LogP contribution >= 0.6 is 0 Å². The van der Waals surface area contributed by atoms with Gasteiger partial charge in [0.1, 0.15) is 5.82 Å². The Hall–Kier alpha value is -3.47. The van der Waals surface area contributed by atoms with Crippen molar-refractivity contribution in [1.29, 1.82) is 0 Å². The first-order chi connectivity index (χ1) is 13.0. The average molecular weight is 359 g/mol. The van der Waals surface area contributed by atoms with Crippen LogP contribution in [0.4, 0.5) is 10.2 Å². The highest BCUT2D eigenvalue weighted by atomic mass is 19.1. The van der Waals surface area contributed by atoms with Crippen LogP contribution < -0.4 is 5.73 Å². The number of halogens is 1. The lowest BCUT2D eigenvalue weighted by Gasteiger charge is -2.35. The fourth-order valence-corrected chi connectivity index (χ4v) is 3.72. The third kappa shape index (κ3) is 2.68. The molecular weight excluding hydrogens is 341 g/mol. The molecule has 0 fully saturated rings. The van der Waals surface area contributed by atoms with Crippen molar-refractivity contribution in [2.75, 3.05) is 5.73 Å². The molecule has 27 heavy (non-hydrogen) atoms. The van der Waals surface area contributed by atoms with Crippen molar-refractivity contribution in [3.63, 3.8) is 0 Å². The number of nitrogens with two attached hydrogens (primary N) is 1. The first-order valence-electron chi connectivity index (χ1n) is 8.60. The third-order valence-corrected chi connectivity index (χ3v) is 5.04. The number of nitrogens with zero attached hydrogens (tertiary/aromatic N) is 2. The van der Waals surface area contributed by atoms with E-state index >= 15 is 0 Å². The standard InChI is InChI=1S/C22H18FN3O/c1-2-20(27)26-19-14-22(15-7-4-3-5-8-15,12-11-18(19)21(24)25-26)16-9-6-10-17(23)13-16/h2-13H,1,14H2,(H2,24,25). The zero-order chi connectivity index (χ0) is 19.0. The van der Waals surface area contributed by atoms with E-state index in [1.165, 1.54) is 22.9 Å². The van der Waals surface area contributed by atoms with Gasteiger partial charge < -0.3 is 5.73 Å². The fourth-order valence-electron chi connectivity index (χ4n) is 3.72. The molecule has 0 amide bonds. The van der Waals surface area contributed by atoms with Crippen molar-refractivity contribution < 1.29 is 9.18 Å². The van der Waals surface area contributed by atoms with Gasteiger partial charge in [-0.2, -0.15) is 4.68 Å². The number of rotatable bonds is 3. The molecule has 2 N–H and O–H groups in total. The maximum absolute atomic E-state index is 14.0. The number of hydrogen-bond acceptors (Lipinski definition) is 3. The Morgan fingerprint density at radius 2 is 1.93 bits per heavy atom. The number of hydrogen-bond donors (Lipinski definition) is 1. The van der Waals surface area contributed by atoms with E-state index in [9.17, 15) is 9.18 Å². The number of anilines is 1. The summed E-state index contributed by atoms with van der Waals surface area (Å²) in [6, 6.07) is 16.4. The smallest absolute Gasteiger partial charge is 0.270 e. The van der Waals surface area contributed by atoms with Crippen molar-refractivity contribution in [2.24, 2.45) is 0 Å². The summed E-state index contributed by atoms with van der Waals surface area (Å²) >= 11 is 0. The molecule has 4 nitrogen and oxygen atoms in total. The minimum Gasteiger partial charge on any atom is -0.382 e. The molecule has 1 atom stereocenters. The molecule has 0 saturated heterocycles. The highest BCUT2D eigenvalue weighted by Gasteiger charge is 2.38. The highest BCUT2D eigenvalue weighted by Crippen LogP contribution is 2.42. The summed E-state index contributed by atoms with van der Waals surface area (Å²) in [4.78, 5) is 12.3. The Balaban J connectivity index is 1.96. The molecule has 1 aliphatic rings. The van der Waals surface area contributed by atoms with Gasteiger partial charge in [0.2, 0.25) is 0 Å². The van der Waals surface area contributed by atoms with Gasteiger partial charge in [-0.3, -0.25) is 4.79 Å². The minimum absolute atomic E-state index is 0.289. The molecule has 0 aliphatic heterocycles. The molecule has 0 radical (unpaired) electrons. The second-order valence-electron chi connectivity index (χ2n) is 6.56. The van der Waals surface area contributed by atoms with Gasteiger partial charge in [0, 0.05) is 17.4 Å². The fraction of sp³-hybridized carbons (Fsp3) is 0.0909. The van der Waals surface area contributed by atoms with E-state index in [4.69, 9.17) is 5.73 Å². The first kappa shape index (κ1) is 17.0. The van der Waals surface area contributed by atoms with Crippen molar-refractivity contribution >= 4 is 17.8 Å². The lowest BCUT2D eigenvalue weighted by atomic mass is 9.68. The van der Waals surface area contributed by atoms with Gasteiger partial charge in [0.15, 0.2) is 5.82 Å². The Bertz CT molecular complexity index is 1070. The molecule has 1 heterocycles. The van der Waals surface area contributed by atoms with Gasteiger partial charge in [-0.15, -0.1) is 5.10 Å². The summed E-state index contributed by atoms with van der Waals surface area (Å²) in [6.45, 7) is 3.54. The molecular formula is C22H18FN3O. The normalized spacial score (nSPS) is 18.1. The first-order valence-corrected chi connectivity index (χ1v) is 8.60. The number of fused-ring (bicyclic) bond motifs is 1. The Morgan fingerprint density at radius 1 is 1.19 bits per heavy atom. The number of aromatic nitrogens is 2. The maximum atomic E-state index is 14.0. The number of allylic oxidation sites excluding steroid dienone is 2.